The molecule has 0 amide bonds. The molecule has 0 bridgehead atoms. The van der Waals surface area contributed by atoms with Crippen LogP contribution >= 0.6 is 0 Å². The fourth-order valence-corrected chi connectivity index (χ4v) is 7.27. The first kappa shape index (κ1) is 29.0. The van der Waals surface area contributed by atoms with E-state index in [4.69, 9.17) is 19.4 Å². The van der Waals surface area contributed by atoms with Crippen LogP contribution in [0.25, 0.3) is 44.6 Å². The smallest absolute Gasteiger partial charge is 0.164 e. The summed E-state index contributed by atoms with van der Waals surface area (Å²) < 4.78 is 6.63. The van der Waals surface area contributed by atoms with Crippen molar-refractivity contribution in [2.24, 2.45) is 0 Å². The molecule has 234 valence electrons. The quantitative estimate of drug-likeness (QED) is 0.183. The molecule has 0 spiro atoms. The second-order valence-corrected chi connectivity index (χ2v) is 12.6. The zero-order valence-corrected chi connectivity index (χ0v) is 26.9. The van der Waals surface area contributed by atoms with Crippen LogP contribution in [-0.2, 0) is 0 Å². The highest BCUT2D eigenvalue weighted by Crippen LogP contribution is 2.46. The van der Waals surface area contributed by atoms with Gasteiger partial charge in [-0.15, -0.1) is 0 Å². The van der Waals surface area contributed by atoms with E-state index in [0.717, 1.165) is 51.8 Å². The lowest BCUT2D eigenvalue weighted by atomic mass is 9.83. The highest BCUT2D eigenvalue weighted by Gasteiger charge is 2.31. The first-order valence-electron chi connectivity index (χ1n) is 16.9. The van der Waals surface area contributed by atoms with Gasteiger partial charge in [-0.1, -0.05) is 158 Å². The number of aromatic nitrogens is 3. The third-order valence-corrected chi connectivity index (χ3v) is 9.68. The molecule has 0 saturated heterocycles. The maximum Gasteiger partial charge on any atom is 0.164 e. The van der Waals surface area contributed by atoms with Crippen LogP contribution in [0, 0.1) is 0 Å². The van der Waals surface area contributed by atoms with Gasteiger partial charge in [0.15, 0.2) is 17.5 Å². The van der Waals surface area contributed by atoms with Crippen molar-refractivity contribution in [3.8, 4) is 22.5 Å². The van der Waals surface area contributed by atoms with Crippen molar-refractivity contribution in [1.82, 2.24) is 15.0 Å². The first-order valence-corrected chi connectivity index (χ1v) is 16.9. The fourth-order valence-electron chi connectivity index (χ4n) is 7.27. The Kier molecular flexibility index (Phi) is 7.39. The van der Waals surface area contributed by atoms with Crippen molar-refractivity contribution in [3.63, 3.8) is 0 Å². The standard InChI is InChI=1S/C45H33N3O/c1-4-14-30(15-5-1)35-20-10-11-21-36(35)32-24-26-34(27-25-32)44-46-43(33-18-8-3-9-19-33)47-45(48-44)39-29-28-37(31-16-6-2-7-17-31)42-41(39)38-22-12-13-23-40(38)49-42/h1-24,26-27,29,32,37H,25,28H2. The van der Waals surface area contributed by atoms with Gasteiger partial charge in [0.05, 0.1) is 0 Å². The van der Waals surface area contributed by atoms with E-state index in [2.05, 4.69) is 133 Å². The molecule has 0 radical (unpaired) electrons. The molecule has 9 rings (SSSR count). The minimum atomic E-state index is 0.113. The summed E-state index contributed by atoms with van der Waals surface area (Å²) in [7, 11) is 0. The summed E-state index contributed by atoms with van der Waals surface area (Å²) in [4.78, 5) is 15.4. The van der Waals surface area contributed by atoms with Gasteiger partial charge < -0.3 is 4.42 Å². The molecular weight excluding hydrogens is 599 g/mol. The lowest BCUT2D eigenvalue weighted by Crippen LogP contribution is -2.11. The van der Waals surface area contributed by atoms with Crippen molar-refractivity contribution in [3.05, 3.63) is 198 Å². The summed E-state index contributed by atoms with van der Waals surface area (Å²) in [5, 5.41) is 1.07. The molecule has 2 unspecified atom stereocenters. The Labute approximate surface area is 285 Å². The molecule has 2 aromatic heterocycles. The monoisotopic (exact) mass is 631 g/mol. The zero-order chi connectivity index (χ0) is 32.6. The highest BCUT2D eigenvalue weighted by molar-refractivity contribution is 5.97. The Morgan fingerprint density at radius 1 is 0.551 bits per heavy atom. The predicted molar refractivity (Wildman–Crippen MR) is 198 cm³/mol. The van der Waals surface area contributed by atoms with Gasteiger partial charge in [0.2, 0.25) is 0 Å². The largest absolute Gasteiger partial charge is 0.460 e. The van der Waals surface area contributed by atoms with E-state index in [1.54, 1.807) is 0 Å². The second-order valence-electron chi connectivity index (χ2n) is 12.6. The van der Waals surface area contributed by atoms with Gasteiger partial charge in [0.25, 0.3) is 0 Å². The van der Waals surface area contributed by atoms with E-state index >= 15 is 0 Å². The van der Waals surface area contributed by atoms with Crippen molar-refractivity contribution in [2.75, 3.05) is 0 Å². The van der Waals surface area contributed by atoms with Crippen LogP contribution in [0.15, 0.2) is 168 Å². The summed E-state index contributed by atoms with van der Waals surface area (Å²) in [5.74, 6) is 3.33. The van der Waals surface area contributed by atoms with E-state index in [1.807, 2.05) is 30.3 Å². The minimum Gasteiger partial charge on any atom is -0.460 e. The summed E-state index contributed by atoms with van der Waals surface area (Å²) in [6.07, 6.45) is 10.7. The topological polar surface area (TPSA) is 51.8 Å². The van der Waals surface area contributed by atoms with Crippen molar-refractivity contribution >= 4 is 22.1 Å². The maximum absolute atomic E-state index is 6.63. The molecule has 4 heteroatoms. The van der Waals surface area contributed by atoms with Crippen LogP contribution in [0.3, 0.4) is 0 Å². The van der Waals surface area contributed by atoms with Gasteiger partial charge in [0, 0.05) is 39.5 Å². The molecule has 2 atom stereocenters. The Bertz CT molecular complexity index is 2390. The molecule has 5 aromatic carbocycles. The number of furan rings is 1. The van der Waals surface area contributed by atoms with Gasteiger partial charge in [-0.2, -0.15) is 0 Å². The molecule has 0 fully saturated rings. The molecule has 2 aliphatic rings. The summed E-state index contributed by atoms with van der Waals surface area (Å²) in [6, 6.07) is 48.4. The number of para-hydroxylation sites is 1. The van der Waals surface area contributed by atoms with E-state index < -0.39 is 0 Å². The van der Waals surface area contributed by atoms with E-state index in [1.165, 1.54) is 22.3 Å². The number of hydrogen-bond acceptors (Lipinski definition) is 4. The normalized spacial score (nSPS) is 17.0. The first-order chi connectivity index (χ1) is 24.3. The van der Waals surface area contributed by atoms with Crippen LogP contribution in [0.2, 0.25) is 0 Å². The second kappa shape index (κ2) is 12.5. The summed E-state index contributed by atoms with van der Waals surface area (Å²) >= 11 is 0. The number of allylic oxidation sites excluding steroid dienone is 5. The van der Waals surface area contributed by atoms with E-state index in [-0.39, 0.29) is 11.8 Å². The van der Waals surface area contributed by atoms with Crippen molar-refractivity contribution in [1.29, 1.82) is 0 Å². The number of rotatable bonds is 6. The number of nitrogens with zero attached hydrogens (tertiary/aromatic N) is 3. The summed E-state index contributed by atoms with van der Waals surface area (Å²) in [5.41, 5.74) is 9.95. The van der Waals surface area contributed by atoms with Crippen LogP contribution < -0.4 is 0 Å². The molecule has 2 heterocycles. The number of fused-ring (bicyclic) bond motifs is 3. The lowest BCUT2D eigenvalue weighted by molar-refractivity contribution is 0.515. The molecule has 7 aromatic rings. The van der Waals surface area contributed by atoms with Crippen LogP contribution in [0.5, 0.6) is 0 Å². The third-order valence-electron chi connectivity index (χ3n) is 9.68. The molecule has 49 heavy (non-hydrogen) atoms. The molecular formula is C45H33N3O. The Morgan fingerprint density at radius 2 is 1.20 bits per heavy atom. The third kappa shape index (κ3) is 5.41. The molecule has 4 nitrogen and oxygen atoms in total. The van der Waals surface area contributed by atoms with Crippen LogP contribution in [0.4, 0.5) is 0 Å². The van der Waals surface area contributed by atoms with E-state index in [0.29, 0.717) is 17.5 Å². The Balaban J connectivity index is 1.13. The average Bonchev–Trinajstić information content (AvgIpc) is 3.58. The van der Waals surface area contributed by atoms with Crippen LogP contribution in [-0.4, -0.2) is 15.0 Å². The summed E-state index contributed by atoms with van der Waals surface area (Å²) in [6.45, 7) is 0. The predicted octanol–water partition coefficient (Wildman–Crippen LogP) is 11.0. The maximum atomic E-state index is 6.63. The number of hydrogen-bond donors (Lipinski definition) is 0. The van der Waals surface area contributed by atoms with Crippen molar-refractivity contribution < 1.29 is 4.42 Å². The van der Waals surface area contributed by atoms with Crippen LogP contribution in [0.1, 0.15) is 58.8 Å². The molecule has 0 N–H and O–H groups in total. The van der Waals surface area contributed by atoms with Gasteiger partial charge in [-0.25, -0.2) is 15.0 Å². The van der Waals surface area contributed by atoms with Gasteiger partial charge >= 0.3 is 0 Å². The fraction of sp³-hybridized carbons (Fsp3) is 0.0889. The van der Waals surface area contributed by atoms with Gasteiger partial charge in [0.1, 0.15) is 11.3 Å². The highest BCUT2D eigenvalue weighted by atomic mass is 16.3. The lowest BCUT2D eigenvalue weighted by Gasteiger charge is -2.22. The Morgan fingerprint density at radius 3 is 1.98 bits per heavy atom. The minimum absolute atomic E-state index is 0.113. The molecule has 2 aliphatic carbocycles. The Hall–Kier alpha value is -6.13. The van der Waals surface area contributed by atoms with E-state index in [9.17, 15) is 0 Å². The SMILES string of the molecule is C1=CC(c2ccccc2-c2ccccc2)CC=C1c1nc(C2=CCC(c3ccccc3)c3oc4ccccc4c32)nc(-c2ccccc2)n1. The average molecular weight is 632 g/mol. The van der Waals surface area contributed by atoms with Gasteiger partial charge in [-0.05, 0) is 41.2 Å². The zero-order valence-electron chi connectivity index (χ0n) is 26.9. The molecule has 0 aliphatic heterocycles. The van der Waals surface area contributed by atoms with Crippen molar-refractivity contribution in [2.45, 2.75) is 24.7 Å². The number of benzene rings is 5. The molecule has 0 saturated carbocycles. The van der Waals surface area contributed by atoms with Gasteiger partial charge in [-0.3, -0.25) is 0 Å².